The summed E-state index contributed by atoms with van der Waals surface area (Å²) < 4.78 is 27.1. The number of piperazine rings is 1. The first-order valence-electron chi connectivity index (χ1n) is 11.3. The van der Waals surface area contributed by atoms with Crippen molar-refractivity contribution < 1.29 is 28.7 Å². The van der Waals surface area contributed by atoms with E-state index in [9.17, 15) is 18.7 Å². The monoisotopic (exact) mass is 455 g/mol. The van der Waals surface area contributed by atoms with Gasteiger partial charge in [0.15, 0.2) is 0 Å². The third-order valence-electron chi connectivity index (χ3n) is 6.16. The Kier molecular flexibility index (Phi) is 10.0. The van der Waals surface area contributed by atoms with Gasteiger partial charge in [-0.2, -0.15) is 0 Å². The lowest BCUT2D eigenvalue weighted by molar-refractivity contribution is -0.144. The Morgan fingerprint density at radius 2 is 1.72 bits per heavy atom. The number of hydrogen-bond donors (Lipinski definition) is 4. The van der Waals surface area contributed by atoms with Crippen molar-refractivity contribution in [3.8, 4) is 0 Å². The molecule has 1 fully saturated rings. The van der Waals surface area contributed by atoms with E-state index in [0.717, 1.165) is 45.2 Å². The summed E-state index contributed by atoms with van der Waals surface area (Å²) in [6.07, 6.45) is 2.60. The maximum Gasteiger partial charge on any atom is 0.451 e. The number of benzene rings is 1. The fourth-order valence-electron chi connectivity index (χ4n) is 4.10. The van der Waals surface area contributed by atoms with Crippen LogP contribution in [0.4, 0.5) is 8.78 Å². The summed E-state index contributed by atoms with van der Waals surface area (Å²) in [6.45, 7) is 5.61. The number of carbonyl (C=O) groups is 1. The number of carboxylic acids is 1. The Hall–Kier alpha value is -1.59. The van der Waals surface area contributed by atoms with Gasteiger partial charge in [0, 0.05) is 45.2 Å². The normalized spacial score (nSPS) is 17.8. The lowest BCUT2D eigenvalue weighted by Crippen LogP contribution is -2.49. The van der Waals surface area contributed by atoms with Gasteiger partial charge >= 0.3 is 13.1 Å². The highest BCUT2D eigenvalue weighted by Gasteiger charge is 2.33. The summed E-state index contributed by atoms with van der Waals surface area (Å²) in [5.74, 6) is -3.87. The molecule has 7 nitrogen and oxygen atoms in total. The molecule has 32 heavy (non-hydrogen) atoms. The standard InChI is InChI=1S/C22H36BF2N3O4/c1-21(24,25)19-7-4-6-18(16-19)17-28-14-12-27(13-15-28)11-5-9-22(26,20(29)30)8-2-3-10-23(31)32/h4,6-7,16,31-32H,2-3,5,8-15,17,26H2,1H3,(H,29,30). The van der Waals surface area contributed by atoms with Crippen LogP contribution >= 0.6 is 0 Å². The molecule has 180 valence electrons. The number of hydrogen-bond acceptors (Lipinski definition) is 6. The van der Waals surface area contributed by atoms with Gasteiger partial charge in [-0.25, -0.2) is 8.78 Å². The average Bonchev–Trinajstić information content (AvgIpc) is 2.72. The van der Waals surface area contributed by atoms with E-state index in [1.54, 1.807) is 12.1 Å². The van der Waals surface area contributed by atoms with Crippen LogP contribution in [0.1, 0.15) is 50.2 Å². The molecule has 1 unspecified atom stereocenters. The largest absolute Gasteiger partial charge is 0.480 e. The number of halogens is 2. The van der Waals surface area contributed by atoms with Crippen molar-refractivity contribution in [2.45, 2.75) is 63.4 Å². The third-order valence-corrected chi connectivity index (χ3v) is 6.16. The van der Waals surface area contributed by atoms with Crippen LogP contribution in [0.25, 0.3) is 0 Å². The maximum absolute atomic E-state index is 13.5. The van der Waals surface area contributed by atoms with Gasteiger partial charge in [0.05, 0.1) is 0 Å². The Bertz CT molecular complexity index is 727. The van der Waals surface area contributed by atoms with E-state index in [2.05, 4.69) is 9.80 Å². The minimum absolute atomic E-state index is 0.0323. The molecular formula is C22H36BF2N3O4. The van der Waals surface area contributed by atoms with Crippen molar-refractivity contribution in [2.24, 2.45) is 5.73 Å². The van der Waals surface area contributed by atoms with Gasteiger partial charge < -0.3 is 25.8 Å². The van der Waals surface area contributed by atoms with Crippen LogP contribution < -0.4 is 5.73 Å². The predicted octanol–water partition coefficient (Wildman–Crippen LogP) is 2.12. The first-order chi connectivity index (χ1) is 15.0. The van der Waals surface area contributed by atoms with Crippen LogP contribution in [-0.4, -0.2) is 76.3 Å². The van der Waals surface area contributed by atoms with Crippen LogP contribution in [0.15, 0.2) is 24.3 Å². The van der Waals surface area contributed by atoms with Gasteiger partial charge in [-0.15, -0.1) is 0 Å². The highest BCUT2D eigenvalue weighted by atomic mass is 19.3. The van der Waals surface area contributed by atoms with Gasteiger partial charge in [-0.3, -0.25) is 9.69 Å². The average molecular weight is 455 g/mol. The molecular weight excluding hydrogens is 419 g/mol. The molecule has 0 bridgehead atoms. The van der Waals surface area contributed by atoms with E-state index < -0.39 is 24.5 Å². The molecule has 1 heterocycles. The quantitative estimate of drug-likeness (QED) is 0.267. The molecule has 1 aliphatic heterocycles. The maximum atomic E-state index is 13.5. The molecule has 1 atom stereocenters. The molecule has 1 aliphatic rings. The van der Waals surface area contributed by atoms with Crippen molar-refractivity contribution in [1.82, 2.24) is 9.80 Å². The second-order valence-corrected chi connectivity index (χ2v) is 9.00. The van der Waals surface area contributed by atoms with E-state index >= 15 is 0 Å². The van der Waals surface area contributed by atoms with Gasteiger partial charge in [-0.05, 0) is 43.8 Å². The molecule has 1 aromatic rings. The highest BCUT2D eigenvalue weighted by Crippen LogP contribution is 2.27. The van der Waals surface area contributed by atoms with Crippen LogP contribution in [0.5, 0.6) is 0 Å². The van der Waals surface area contributed by atoms with Crippen molar-refractivity contribution in [2.75, 3.05) is 32.7 Å². The summed E-state index contributed by atoms with van der Waals surface area (Å²) in [5.41, 5.74) is 5.73. The Morgan fingerprint density at radius 1 is 1.09 bits per heavy atom. The SMILES string of the molecule is CC(F)(F)c1cccc(CN2CCN(CCCC(N)(CCCCB(O)O)C(=O)O)CC2)c1. The summed E-state index contributed by atoms with van der Waals surface area (Å²) in [6, 6.07) is 6.56. The fourth-order valence-corrected chi connectivity index (χ4v) is 4.10. The molecule has 0 saturated carbocycles. The molecule has 0 spiro atoms. The topological polar surface area (TPSA) is 110 Å². The van der Waals surface area contributed by atoms with Crippen LogP contribution in [0.3, 0.4) is 0 Å². The number of carboxylic acid groups (broad SMARTS) is 1. The van der Waals surface area contributed by atoms with Gasteiger partial charge in [0.1, 0.15) is 5.54 Å². The minimum atomic E-state index is -2.84. The summed E-state index contributed by atoms with van der Waals surface area (Å²) in [7, 11) is -1.37. The third kappa shape index (κ3) is 8.75. The van der Waals surface area contributed by atoms with E-state index in [0.29, 0.717) is 38.6 Å². The van der Waals surface area contributed by atoms with Crippen molar-refractivity contribution in [3.63, 3.8) is 0 Å². The molecule has 1 saturated heterocycles. The summed E-state index contributed by atoms with van der Waals surface area (Å²) in [5, 5.41) is 27.3. The van der Waals surface area contributed by atoms with E-state index in [4.69, 9.17) is 15.8 Å². The first kappa shape index (κ1) is 26.7. The summed E-state index contributed by atoms with van der Waals surface area (Å²) >= 11 is 0. The molecule has 0 aromatic heterocycles. The van der Waals surface area contributed by atoms with Gasteiger partial charge in [0.2, 0.25) is 0 Å². The molecule has 0 aliphatic carbocycles. The number of alkyl halides is 2. The van der Waals surface area contributed by atoms with Crippen molar-refractivity contribution in [3.05, 3.63) is 35.4 Å². The molecule has 0 radical (unpaired) electrons. The van der Waals surface area contributed by atoms with Crippen LogP contribution in [-0.2, 0) is 17.3 Å². The van der Waals surface area contributed by atoms with E-state index in [1.165, 1.54) is 6.07 Å². The zero-order valence-corrected chi connectivity index (χ0v) is 18.8. The fraction of sp³-hybridized carbons (Fsp3) is 0.682. The molecule has 10 heteroatoms. The Morgan fingerprint density at radius 3 is 2.31 bits per heavy atom. The van der Waals surface area contributed by atoms with Crippen molar-refractivity contribution in [1.29, 1.82) is 0 Å². The lowest BCUT2D eigenvalue weighted by Gasteiger charge is -2.35. The van der Waals surface area contributed by atoms with Crippen molar-refractivity contribution >= 4 is 13.1 Å². The molecule has 1 aromatic carbocycles. The number of nitrogens with zero attached hydrogens (tertiary/aromatic N) is 2. The smallest absolute Gasteiger partial charge is 0.451 e. The van der Waals surface area contributed by atoms with E-state index in [1.807, 2.05) is 6.07 Å². The molecule has 0 amide bonds. The number of unbranched alkanes of at least 4 members (excludes halogenated alkanes) is 1. The second kappa shape index (κ2) is 12.0. The second-order valence-electron chi connectivity index (χ2n) is 9.00. The lowest BCUT2D eigenvalue weighted by atomic mass is 9.81. The summed E-state index contributed by atoms with van der Waals surface area (Å²) in [4.78, 5) is 16.2. The minimum Gasteiger partial charge on any atom is -0.480 e. The number of aliphatic carboxylic acids is 1. The van der Waals surface area contributed by atoms with Crippen LogP contribution in [0, 0.1) is 0 Å². The number of rotatable bonds is 13. The molecule has 2 rings (SSSR count). The number of nitrogens with two attached hydrogens (primary N) is 1. The van der Waals surface area contributed by atoms with Gasteiger partial charge in [0.25, 0.3) is 5.92 Å². The first-order valence-corrected chi connectivity index (χ1v) is 11.3. The van der Waals surface area contributed by atoms with Gasteiger partial charge in [-0.1, -0.05) is 31.0 Å². The molecule has 5 N–H and O–H groups in total. The zero-order valence-electron chi connectivity index (χ0n) is 18.8. The predicted molar refractivity (Wildman–Crippen MR) is 120 cm³/mol. The van der Waals surface area contributed by atoms with E-state index in [-0.39, 0.29) is 11.9 Å². The highest BCUT2D eigenvalue weighted by molar-refractivity contribution is 6.40. The zero-order chi connectivity index (χ0) is 23.8. The Balaban J connectivity index is 1.73. The Labute approximate surface area is 189 Å². The van der Waals surface area contributed by atoms with Crippen LogP contribution in [0.2, 0.25) is 6.32 Å².